The summed E-state index contributed by atoms with van der Waals surface area (Å²) in [6.45, 7) is 4.47. The highest BCUT2D eigenvalue weighted by atomic mass is 31.2. The molecule has 3 N–H and O–H groups in total. The van der Waals surface area contributed by atoms with Crippen LogP contribution in [0.1, 0.15) is 117 Å². The second-order valence-electron chi connectivity index (χ2n) is 12.0. The first-order valence-electron chi connectivity index (χ1n) is 19.4. The van der Waals surface area contributed by atoms with Gasteiger partial charge in [0.15, 0.2) is 0 Å². The summed E-state index contributed by atoms with van der Waals surface area (Å²) in [6.07, 6.45) is 52.6. The van der Waals surface area contributed by atoms with Crippen molar-refractivity contribution in [1.29, 1.82) is 0 Å². The molecule has 0 amide bonds. The lowest BCUT2D eigenvalue weighted by molar-refractivity contribution is -0.154. The fourth-order valence-electron chi connectivity index (χ4n) is 4.42. The van der Waals surface area contributed by atoms with Crippen LogP contribution in [-0.4, -0.2) is 49.9 Å². The van der Waals surface area contributed by atoms with Crippen LogP contribution >= 0.6 is 7.82 Å². The van der Waals surface area contributed by atoms with E-state index in [2.05, 4.69) is 123 Å². The van der Waals surface area contributed by atoms with Gasteiger partial charge in [0.2, 0.25) is 0 Å². The number of hydrogen-bond donors (Lipinski definition) is 2. The first-order chi connectivity index (χ1) is 25.4. The van der Waals surface area contributed by atoms with Crippen molar-refractivity contribution in [2.24, 2.45) is 5.73 Å². The minimum absolute atomic E-state index is 0.0618. The molecule has 2 atom stereocenters. The third-order valence-electron chi connectivity index (χ3n) is 7.19. The number of allylic oxidation sites excluding steroid dienone is 18. The molecule has 0 aromatic rings. The summed E-state index contributed by atoms with van der Waals surface area (Å²) >= 11 is 0. The lowest BCUT2D eigenvalue weighted by Gasteiger charge is -2.20. The van der Waals surface area contributed by atoms with Gasteiger partial charge in [-0.3, -0.25) is 13.8 Å². The Kier molecular flexibility index (Phi) is 37.2. The van der Waals surface area contributed by atoms with E-state index in [0.717, 1.165) is 89.9 Å². The number of carbonyl (C=O) groups excluding carboxylic acids is 1. The molecule has 0 spiro atoms. The van der Waals surface area contributed by atoms with Crippen molar-refractivity contribution in [1.82, 2.24) is 0 Å². The second kappa shape index (κ2) is 39.4. The number of unbranched alkanes of at least 4 members (excludes halogenated alkanes) is 4. The molecular weight excluding hydrogens is 673 g/mol. The van der Waals surface area contributed by atoms with Gasteiger partial charge < -0.3 is 20.1 Å². The van der Waals surface area contributed by atoms with Gasteiger partial charge in [0.1, 0.15) is 6.10 Å². The average molecular weight is 744 g/mol. The molecule has 8 nitrogen and oxygen atoms in total. The SMILES string of the molecule is CC/C=C\C/C=C\C/C=C\C/C=C\C/C=C\CCCCOCC(COP(=O)(O)OCCN)OC(=O)CCCC/C=C\C/C=C\C/C=C\C/C=C\CC. The van der Waals surface area contributed by atoms with Crippen LogP contribution < -0.4 is 5.73 Å². The van der Waals surface area contributed by atoms with Gasteiger partial charge in [-0.2, -0.15) is 0 Å². The summed E-state index contributed by atoms with van der Waals surface area (Å²) < 4.78 is 33.2. The number of nitrogens with two attached hydrogens (primary N) is 1. The molecule has 0 aliphatic heterocycles. The topological polar surface area (TPSA) is 117 Å². The molecule has 0 saturated carbocycles. The van der Waals surface area contributed by atoms with E-state index in [4.69, 9.17) is 24.3 Å². The Morgan fingerprint density at radius 2 is 1.00 bits per heavy atom. The van der Waals surface area contributed by atoms with E-state index in [1.54, 1.807) is 0 Å². The van der Waals surface area contributed by atoms with Crippen molar-refractivity contribution in [3.63, 3.8) is 0 Å². The maximum absolute atomic E-state index is 12.5. The highest BCUT2D eigenvalue weighted by Gasteiger charge is 2.25. The van der Waals surface area contributed by atoms with Crippen molar-refractivity contribution in [3.05, 3.63) is 109 Å². The molecule has 0 aromatic carbocycles. The van der Waals surface area contributed by atoms with E-state index in [1.807, 2.05) is 0 Å². The lowest BCUT2D eigenvalue weighted by Crippen LogP contribution is -2.28. The first-order valence-corrected chi connectivity index (χ1v) is 20.9. The van der Waals surface area contributed by atoms with E-state index in [9.17, 15) is 14.3 Å². The molecule has 0 heterocycles. The van der Waals surface area contributed by atoms with Crippen molar-refractivity contribution < 1.29 is 32.8 Å². The molecular formula is C43H70NO7P. The van der Waals surface area contributed by atoms with Gasteiger partial charge in [0.25, 0.3) is 0 Å². The molecule has 0 rings (SSSR count). The Labute approximate surface area is 316 Å². The molecule has 0 saturated heterocycles. The van der Waals surface area contributed by atoms with Gasteiger partial charge in [-0.15, -0.1) is 0 Å². The van der Waals surface area contributed by atoms with E-state index >= 15 is 0 Å². The van der Waals surface area contributed by atoms with Crippen LogP contribution in [0.2, 0.25) is 0 Å². The highest BCUT2D eigenvalue weighted by molar-refractivity contribution is 7.47. The summed E-state index contributed by atoms with van der Waals surface area (Å²) in [4.78, 5) is 22.4. The third-order valence-corrected chi connectivity index (χ3v) is 8.17. The smallest absolute Gasteiger partial charge is 0.457 e. The number of phosphoric ester groups is 1. The third kappa shape index (κ3) is 38.4. The zero-order valence-corrected chi connectivity index (χ0v) is 33.1. The fourth-order valence-corrected chi connectivity index (χ4v) is 5.19. The fraction of sp³-hybridized carbons (Fsp3) is 0.558. The van der Waals surface area contributed by atoms with E-state index < -0.39 is 19.9 Å². The normalized spacial score (nSPS) is 14.8. The Morgan fingerprint density at radius 3 is 1.44 bits per heavy atom. The van der Waals surface area contributed by atoms with Gasteiger partial charge in [-0.05, 0) is 96.3 Å². The molecule has 2 unspecified atom stereocenters. The van der Waals surface area contributed by atoms with Gasteiger partial charge in [-0.1, -0.05) is 123 Å². The zero-order chi connectivity index (χ0) is 38.1. The van der Waals surface area contributed by atoms with Crippen LogP contribution in [0, 0.1) is 0 Å². The van der Waals surface area contributed by atoms with Gasteiger partial charge in [-0.25, -0.2) is 4.57 Å². The van der Waals surface area contributed by atoms with Crippen LogP contribution in [0.3, 0.4) is 0 Å². The summed E-state index contributed by atoms with van der Waals surface area (Å²) in [5.74, 6) is -0.392. The first kappa shape index (κ1) is 49.2. The standard InChI is InChI=1S/C43H70NO7P/c1-3-5-7-9-11-13-15-17-19-20-21-23-25-27-29-31-33-35-38-48-40-42(41-50-52(46,47)49-39-37-44)51-43(45)36-34-32-30-28-26-24-22-18-16-14-12-10-8-6-4-2/h5-8,11-14,17-19,21-23,26-29,42H,3-4,9-10,15-16,20,24-25,30-41,44H2,1-2H3,(H,46,47)/b7-5-,8-6-,13-11-,14-12-,19-17-,22-18-,23-21-,28-26-,29-27-. The van der Waals surface area contributed by atoms with Crippen LogP contribution in [0.15, 0.2) is 109 Å². The van der Waals surface area contributed by atoms with Crippen molar-refractivity contribution in [2.45, 2.75) is 123 Å². The summed E-state index contributed by atoms with van der Waals surface area (Å²) in [5.41, 5.74) is 5.35. The quantitative estimate of drug-likeness (QED) is 0.0285. The van der Waals surface area contributed by atoms with Crippen molar-refractivity contribution in [2.75, 3.05) is 33.0 Å². The van der Waals surface area contributed by atoms with Crippen LogP contribution in [0.4, 0.5) is 0 Å². The van der Waals surface area contributed by atoms with Crippen molar-refractivity contribution >= 4 is 13.8 Å². The van der Waals surface area contributed by atoms with E-state index in [1.165, 1.54) is 0 Å². The number of carbonyl (C=O) groups is 1. The number of phosphoric acid groups is 1. The van der Waals surface area contributed by atoms with Crippen LogP contribution in [0.25, 0.3) is 0 Å². The number of ether oxygens (including phenoxy) is 2. The Hall–Kier alpha value is -2.84. The molecule has 52 heavy (non-hydrogen) atoms. The van der Waals surface area contributed by atoms with Gasteiger partial charge in [0, 0.05) is 19.6 Å². The van der Waals surface area contributed by atoms with E-state index in [-0.39, 0.29) is 32.8 Å². The molecule has 0 aliphatic carbocycles. The molecule has 0 aromatic heterocycles. The summed E-state index contributed by atoms with van der Waals surface area (Å²) in [5, 5.41) is 0. The van der Waals surface area contributed by atoms with Crippen molar-refractivity contribution in [3.8, 4) is 0 Å². The molecule has 0 radical (unpaired) electrons. The van der Waals surface area contributed by atoms with E-state index in [0.29, 0.717) is 13.0 Å². The maximum Gasteiger partial charge on any atom is 0.472 e. The number of hydrogen-bond acceptors (Lipinski definition) is 7. The molecule has 9 heteroatoms. The predicted octanol–water partition coefficient (Wildman–Crippen LogP) is 11.3. The molecule has 0 aliphatic rings. The summed E-state index contributed by atoms with van der Waals surface area (Å²) in [6, 6.07) is 0. The van der Waals surface area contributed by atoms with Gasteiger partial charge >= 0.3 is 13.8 Å². The largest absolute Gasteiger partial charge is 0.472 e. The molecule has 294 valence electrons. The molecule has 0 fully saturated rings. The van der Waals surface area contributed by atoms with Crippen LogP contribution in [-0.2, 0) is 27.9 Å². The minimum Gasteiger partial charge on any atom is -0.457 e. The Bertz CT molecular complexity index is 1150. The second-order valence-corrected chi connectivity index (χ2v) is 13.5. The number of rotatable bonds is 35. The summed E-state index contributed by atoms with van der Waals surface area (Å²) in [7, 11) is -4.31. The monoisotopic (exact) mass is 743 g/mol. The Balaban J connectivity index is 4.28. The average Bonchev–Trinajstić information content (AvgIpc) is 3.13. The number of esters is 1. The molecule has 0 bridgehead atoms. The maximum atomic E-state index is 12.5. The van der Waals surface area contributed by atoms with Gasteiger partial charge in [0.05, 0.1) is 19.8 Å². The zero-order valence-electron chi connectivity index (χ0n) is 32.2. The van der Waals surface area contributed by atoms with Crippen LogP contribution in [0.5, 0.6) is 0 Å². The minimum atomic E-state index is -4.31. The Morgan fingerprint density at radius 1 is 0.577 bits per heavy atom. The predicted molar refractivity (Wildman–Crippen MR) is 219 cm³/mol. The highest BCUT2D eigenvalue weighted by Crippen LogP contribution is 2.43. The lowest BCUT2D eigenvalue weighted by atomic mass is 10.2.